The van der Waals surface area contributed by atoms with Crippen LogP contribution in [0.5, 0.6) is 0 Å². The van der Waals surface area contributed by atoms with Crippen LogP contribution >= 0.6 is 23.1 Å². The quantitative estimate of drug-likeness (QED) is 0.535. The topological polar surface area (TPSA) is 0 Å². The highest BCUT2D eigenvalue weighted by molar-refractivity contribution is 7.99. The van der Waals surface area contributed by atoms with E-state index in [0.717, 1.165) is 28.5 Å². The molecule has 0 spiro atoms. The van der Waals surface area contributed by atoms with Gasteiger partial charge in [0.2, 0.25) is 0 Å². The lowest BCUT2D eigenvalue weighted by Crippen LogP contribution is -2.04. The third-order valence-electron chi connectivity index (χ3n) is 2.36. The summed E-state index contributed by atoms with van der Waals surface area (Å²) >= 11 is 2.07. The van der Waals surface area contributed by atoms with Gasteiger partial charge in [-0.3, -0.25) is 0 Å². The monoisotopic (exact) mass is 292 g/mol. The molecule has 0 N–H and O–H groups in total. The van der Waals surface area contributed by atoms with Gasteiger partial charge in [0.25, 0.3) is 0 Å². The van der Waals surface area contributed by atoms with E-state index in [-0.39, 0.29) is 4.90 Å². The van der Waals surface area contributed by atoms with Crippen molar-refractivity contribution in [1.82, 2.24) is 0 Å². The summed E-state index contributed by atoms with van der Waals surface area (Å²) in [5.74, 6) is -0.406. The molecule has 0 bridgehead atoms. The summed E-state index contributed by atoms with van der Waals surface area (Å²) in [5, 5.41) is 1.10. The van der Waals surface area contributed by atoms with Gasteiger partial charge in [-0.25, -0.2) is 4.39 Å². The molecule has 0 aliphatic heterocycles. The molecule has 0 saturated heterocycles. The normalized spacial score (nSPS) is 11.8. The molecule has 0 fully saturated rings. The Hall–Kier alpha value is -1.01. The highest BCUT2D eigenvalue weighted by atomic mass is 32.2. The Morgan fingerprint density at radius 1 is 1.11 bits per heavy atom. The van der Waals surface area contributed by atoms with Crippen LogP contribution in [0.3, 0.4) is 0 Å². The number of benzene rings is 1. The Balaban J connectivity index is 2.52. The van der Waals surface area contributed by atoms with E-state index in [1.807, 2.05) is 0 Å². The second-order valence-corrected chi connectivity index (χ2v) is 5.21. The molecule has 18 heavy (non-hydrogen) atoms. The smallest absolute Gasteiger partial charge is 0.207 e. The largest absolute Gasteiger partial charge is 0.418 e. The first kappa shape index (κ1) is 13.4. The number of rotatable bonds is 2. The lowest BCUT2D eigenvalue weighted by atomic mass is 10.1. The molecule has 1 aromatic heterocycles. The van der Waals surface area contributed by atoms with Gasteiger partial charge >= 0.3 is 6.18 Å². The van der Waals surface area contributed by atoms with Gasteiger partial charge in [-0.1, -0.05) is 12.1 Å². The standard InChI is InChI=1S/C12H8F4S2/c1-17-11-9(12(14,15)16)6-18-10(11)7-2-4-8(13)5-3-7/h2-6H,1H3. The zero-order valence-electron chi connectivity index (χ0n) is 9.22. The molecule has 1 aromatic carbocycles. The zero-order valence-corrected chi connectivity index (χ0v) is 10.8. The average molecular weight is 292 g/mol. The fourth-order valence-corrected chi connectivity index (χ4v) is 3.69. The summed E-state index contributed by atoms with van der Waals surface area (Å²) in [4.78, 5) is 0.717. The van der Waals surface area contributed by atoms with Gasteiger partial charge in [-0.15, -0.1) is 23.1 Å². The maximum absolute atomic E-state index is 12.8. The predicted molar refractivity (Wildman–Crippen MR) is 66.5 cm³/mol. The minimum Gasteiger partial charge on any atom is -0.207 e. The van der Waals surface area contributed by atoms with Crippen molar-refractivity contribution in [3.8, 4) is 10.4 Å². The van der Waals surface area contributed by atoms with E-state index in [1.165, 1.54) is 24.3 Å². The zero-order chi connectivity index (χ0) is 13.3. The van der Waals surface area contributed by atoms with Crippen molar-refractivity contribution in [3.05, 3.63) is 41.0 Å². The van der Waals surface area contributed by atoms with Crippen molar-refractivity contribution in [1.29, 1.82) is 0 Å². The number of alkyl halides is 3. The van der Waals surface area contributed by atoms with Gasteiger partial charge in [-0.2, -0.15) is 13.2 Å². The molecule has 0 nitrogen and oxygen atoms in total. The molecule has 96 valence electrons. The third kappa shape index (κ3) is 2.54. The molecule has 1 heterocycles. The van der Waals surface area contributed by atoms with Crippen LogP contribution in [0.4, 0.5) is 17.6 Å². The summed E-state index contributed by atoms with van der Waals surface area (Å²) < 4.78 is 51.1. The summed E-state index contributed by atoms with van der Waals surface area (Å²) in [6, 6.07) is 5.46. The summed E-state index contributed by atoms with van der Waals surface area (Å²) in [7, 11) is 0. The molecule has 0 amide bonds. The van der Waals surface area contributed by atoms with E-state index in [4.69, 9.17) is 0 Å². The highest BCUT2D eigenvalue weighted by Crippen LogP contribution is 2.45. The molecular formula is C12H8F4S2. The van der Waals surface area contributed by atoms with Gasteiger partial charge in [0.1, 0.15) is 5.82 Å². The van der Waals surface area contributed by atoms with Crippen LogP contribution in [0, 0.1) is 5.82 Å². The van der Waals surface area contributed by atoms with Gasteiger partial charge in [-0.05, 0) is 24.0 Å². The van der Waals surface area contributed by atoms with E-state index in [0.29, 0.717) is 10.4 Å². The first-order chi connectivity index (χ1) is 8.43. The average Bonchev–Trinajstić information content (AvgIpc) is 2.73. The lowest BCUT2D eigenvalue weighted by molar-refractivity contribution is -0.139. The fourth-order valence-electron chi connectivity index (χ4n) is 1.55. The number of thioether (sulfide) groups is 1. The van der Waals surface area contributed by atoms with Gasteiger partial charge in [0.15, 0.2) is 0 Å². The summed E-state index contributed by atoms with van der Waals surface area (Å²) in [6.45, 7) is 0. The van der Waals surface area contributed by atoms with E-state index in [9.17, 15) is 17.6 Å². The van der Waals surface area contributed by atoms with Crippen LogP contribution in [0.2, 0.25) is 0 Å². The number of halogens is 4. The van der Waals surface area contributed by atoms with Crippen molar-refractivity contribution in [3.63, 3.8) is 0 Å². The Morgan fingerprint density at radius 2 is 1.72 bits per heavy atom. The van der Waals surface area contributed by atoms with Crippen LogP contribution in [-0.2, 0) is 6.18 Å². The first-order valence-corrected chi connectivity index (χ1v) is 7.02. The Bertz CT molecular complexity index is 540. The van der Waals surface area contributed by atoms with Crippen LogP contribution < -0.4 is 0 Å². The molecule has 2 aromatic rings. The predicted octanol–water partition coefficient (Wildman–Crippen LogP) is 5.29. The van der Waals surface area contributed by atoms with E-state index < -0.39 is 17.6 Å². The maximum atomic E-state index is 12.8. The van der Waals surface area contributed by atoms with Crippen LogP contribution in [-0.4, -0.2) is 6.26 Å². The van der Waals surface area contributed by atoms with Crippen molar-refractivity contribution in [2.45, 2.75) is 11.1 Å². The third-order valence-corrected chi connectivity index (χ3v) is 4.35. The van der Waals surface area contributed by atoms with E-state index >= 15 is 0 Å². The van der Waals surface area contributed by atoms with Gasteiger partial charge in [0, 0.05) is 15.2 Å². The fraction of sp³-hybridized carbons (Fsp3) is 0.167. The molecular weight excluding hydrogens is 284 g/mol. The van der Waals surface area contributed by atoms with Crippen LogP contribution in [0.25, 0.3) is 10.4 Å². The molecule has 0 aliphatic rings. The summed E-state index contributed by atoms with van der Waals surface area (Å²) in [6.07, 6.45) is -2.75. The van der Waals surface area contributed by atoms with Gasteiger partial charge < -0.3 is 0 Å². The van der Waals surface area contributed by atoms with E-state index in [2.05, 4.69) is 0 Å². The van der Waals surface area contributed by atoms with Gasteiger partial charge in [0.05, 0.1) is 5.56 Å². The van der Waals surface area contributed by atoms with Crippen molar-refractivity contribution in [2.24, 2.45) is 0 Å². The lowest BCUT2D eigenvalue weighted by Gasteiger charge is -2.08. The molecule has 0 saturated carbocycles. The van der Waals surface area contributed by atoms with Crippen molar-refractivity contribution >= 4 is 23.1 Å². The Morgan fingerprint density at radius 3 is 2.22 bits per heavy atom. The van der Waals surface area contributed by atoms with Crippen molar-refractivity contribution in [2.75, 3.05) is 6.26 Å². The first-order valence-electron chi connectivity index (χ1n) is 4.92. The molecule has 2 rings (SSSR count). The van der Waals surface area contributed by atoms with Crippen LogP contribution in [0.15, 0.2) is 34.5 Å². The number of hydrogen-bond acceptors (Lipinski definition) is 2. The SMILES string of the molecule is CSc1c(C(F)(F)F)csc1-c1ccc(F)cc1. The van der Waals surface area contributed by atoms with Crippen molar-refractivity contribution < 1.29 is 17.6 Å². The minimum atomic E-state index is -4.35. The Kier molecular flexibility index (Phi) is 3.68. The molecule has 0 radical (unpaired) electrons. The second kappa shape index (κ2) is 4.93. The molecule has 6 heteroatoms. The molecule has 0 atom stereocenters. The maximum Gasteiger partial charge on any atom is 0.418 e. The number of thiophene rings is 1. The highest BCUT2D eigenvalue weighted by Gasteiger charge is 2.35. The summed E-state index contributed by atoms with van der Waals surface area (Å²) in [5.41, 5.74) is -0.0272. The van der Waals surface area contributed by atoms with Crippen LogP contribution in [0.1, 0.15) is 5.56 Å². The minimum absolute atomic E-state index is 0.194. The molecule has 0 aliphatic carbocycles. The van der Waals surface area contributed by atoms with E-state index in [1.54, 1.807) is 6.26 Å². The number of hydrogen-bond donors (Lipinski definition) is 0. The molecule has 0 unspecified atom stereocenters. The Labute approximate surface area is 110 Å². The second-order valence-electron chi connectivity index (χ2n) is 3.52.